The van der Waals surface area contributed by atoms with E-state index in [-0.39, 0.29) is 0 Å². The summed E-state index contributed by atoms with van der Waals surface area (Å²) in [7, 11) is 0. The van der Waals surface area contributed by atoms with Gasteiger partial charge in [0.15, 0.2) is 17.6 Å². The zero-order valence-corrected chi connectivity index (χ0v) is 11.4. The Hall–Kier alpha value is -1.42. The Labute approximate surface area is 119 Å². The van der Waals surface area contributed by atoms with Gasteiger partial charge in [0.05, 0.1) is 6.61 Å². The largest absolute Gasteiger partial charge is 0.393 e. The summed E-state index contributed by atoms with van der Waals surface area (Å²) in [4.78, 5) is 23.1. The normalized spacial score (nSPS) is 32.9. The van der Waals surface area contributed by atoms with E-state index in [0.717, 1.165) is 19.2 Å². The van der Waals surface area contributed by atoms with Crippen LogP contribution in [0.25, 0.3) is 0 Å². The summed E-state index contributed by atoms with van der Waals surface area (Å²) in [5.74, 6) is -1.12. The van der Waals surface area contributed by atoms with Crippen molar-refractivity contribution < 1.29 is 38.4 Å². The zero-order valence-electron chi connectivity index (χ0n) is 11.4. The zero-order chi connectivity index (χ0) is 16.4. The molecule has 0 aliphatic carbocycles. The van der Waals surface area contributed by atoms with Gasteiger partial charge in [-0.2, -0.15) is 0 Å². The molecule has 1 fully saturated rings. The van der Waals surface area contributed by atoms with E-state index < -0.39 is 48.8 Å². The number of aliphatic hydroxyl groups is 3. The molecule has 4 atom stereocenters. The fourth-order valence-electron chi connectivity index (χ4n) is 1.97. The van der Waals surface area contributed by atoms with Gasteiger partial charge in [-0.3, -0.25) is 14.5 Å². The minimum atomic E-state index is -3.29. The fraction of sp³-hybridized carbons (Fsp3) is 0.667. The molecule has 1 rings (SSSR count). The number of halogens is 2. The van der Waals surface area contributed by atoms with Crippen molar-refractivity contribution in [2.24, 2.45) is 0 Å². The van der Waals surface area contributed by atoms with Gasteiger partial charge in [0.25, 0.3) is 6.43 Å². The van der Waals surface area contributed by atoms with Crippen molar-refractivity contribution in [3.05, 3.63) is 12.3 Å². The summed E-state index contributed by atoms with van der Waals surface area (Å²) in [6.45, 7) is 1.02. The number of carbonyl (C=O) groups is 2. The van der Waals surface area contributed by atoms with Crippen LogP contribution in [0, 0.1) is 0 Å². The maximum absolute atomic E-state index is 13.0. The van der Waals surface area contributed by atoms with Gasteiger partial charge in [-0.1, -0.05) is 0 Å². The van der Waals surface area contributed by atoms with E-state index in [2.05, 4.69) is 0 Å². The Kier molecular flexibility index (Phi) is 5.51. The van der Waals surface area contributed by atoms with Gasteiger partial charge in [0.2, 0.25) is 5.91 Å². The van der Waals surface area contributed by atoms with E-state index in [1.54, 1.807) is 0 Å². The minimum absolute atomic E-state index is 0.420. The standard InChI is InChI=1S/C12H17F2NO6/c1-6(17)3-4-15(7(2)18)10-8(19)9(20)12(5-16,21-10)11(13)14/h3-4,8-11,16,19-20H,5H2,1-2H3/b4-3-/t8-,9+,10-,12-/m1/s1. The van der Waals surface area contributed by atoms with Crippen LogP contribution in [0.4, 0.5) is 8.78 Å². The van der Waals surface area contributed by atoms with Crippen molar-refractivity contribution in [3.8, 4) is 0 Å². The molecule has 3 N–H and O–H groups in total. The Morgan fingerprint density at radius 2 is 1.95 bits per heavy atom. The molecule has 7 nitrogen and oxygen atoms in total. The monoisotopic (exact) mass is 309 g/mol. The number of alkyl halides is 2. The molecule has 21 heavy (non-hydrogen) atoms. The van der Waals surface area contributed by atoms with Gasteiger partial charge >= 0.3 is 0 Å². The molecule has 0 saturated carbocycles. The molecule has 120 valence electrons. The molecule has 0 bridgehead atoms. The lowest BCUT2D eigenvalue weighted by atomic mass is 9.96. The molecular formula is C12H17F2NO6. The predicted octanol–water partition coefficient (Wildman–Crippen LogP) is -0.988. The van der Waals surface area contributed by atoms with Crippen LogP contribution in [0.5, 0.6) is 0 Å². The van der Waals surface area contributed by atoms with E-state index in [9.17, 15) is 28.6 Å². The second kappa shape index (κ2) is 6.56. The minimum Gasteiger partial charge on any atom is -0.393 e. The molecule has 0 radical (unpaired) electrons. The molecule has 1 amide bonds. The van der Waals surface area contributed by atoms with Crippen LogP contribution < -0.4 is 0 Å². The number of amides is 1. The number of ketones is 1. The molecule has 1 aliphatic heterocycles. The molecule has 0 aromatic rings. The van der Waals surface area contributed by atoms with Crippen LogP contribution in [0.3, 0.4) is 0 Å². The fourth-order valence-corrected chi connectivity index (χ4v) is 1.97. The summed E-state index contributed by atoms with van der Waals surface area (Å²) < 4.78 is 31.0. The summed E-state index contributed by atoms with van der Waals surface area (Å²) in [6, 6.07) is 0. The first-order valence-corrected chi connectivity index (χ1v) is 6.08. The van der Waals surface area contributed by atoms with E-state index in [4.69, 9.17) is 9.84 Å². The van der Waals surface area contributed by atoms with E-state index in [1.165, 1.54) is 6.92 Å². The van der Waals surface area contributed by atoms with Gasteiger partial charge in [-0.05, 0) is 13.0 Å². The maximum Gasteiger partial charge on any atom is 0.272 e. The number of allylic oxidation sites excluding steroid dienone is 1. The Bertz CT molecular complexity index is 443. The van der Waals surface area contributed by atoms with E-state index in [0.29, 0.717) is 4.90 Å². The SMILES string of the molecule is CC(=O)/C=C\N(C(C)=O)[C@@H]1O[C@@](CO)(C(F)F)[C@@H](O)[C@H]1O. The second-order valence-electron chi connectivity index (χ2n) is 4.71. The average Bonchev–Trinajstić information content (AvgIpc) is 2.64. The lowest BCUT2D eigenvalue weighted by Gasteiger charge is -2.30. The smallest absolute Gasteiger partial charge is 0.272 e. The van der Waals surface area contributed by atoms with Gasteiger partial charge in [0.1, 0.15) is 12.2 Å². The first-order valence-electron chi connectivity index (χ1n) is 6.08. The molecule has 1 saturated heterocycles. The first-order chi connectivity index (χ1) is 9.67. The molecule has 0 unspecified atom stereocenters. The predicted molar refractivity (Wildman–Crippen MR) is 65.0 cm³/mol. The summed E-state index contributed by atoms with van der Waals surface area (Å²) in [5, 5.41) is 28.6. The van der Waals surface area contributed by atoms with Crippen LogP contribution in [-0.2, 0) is 14.3 Å². The third-order valence-corrected chi connectivity index (χ3v) is 3.18. The van der Waals surface area contributed by atoms with Crippen molar-refractivity contribution in [1.29, 1.82) is 0 Å². The molecular weight excluding hydrogens is 292 g/mol. The van der Waals surface area contributed by atoms with Crippen molar-refractivity contribution in [3.63, 3.8) is 0 Å². The van der Waals surface area contributed by atoms with Crippen molar-refractivity contribution in [2.45, 2.75) is 44.3 Å². The molecule has 1 heterocycles. The van der Waals surface area contributed by atoms with Crippen molar-refractivity contribution in [1.82, 2.24) is 4.90 Å². The highest BCUT2D eigenvalue weighted by Gasteiger charge is 2.61. The quantitative estimate of drug-likeness (QED) is 0.563. The van der Waals surface area contributed by atoms with Crippen LogP contribution >= 0.6 is 0 Å². The second-order valence-corrected chi connectivity index (χ2v) is 4.71. The van der Waals surface area contributed by atoms with Gasteiger partial charge < -0.3 is 20.1 Å². The summed E-state index contributed by atoms with van der Waals surface area (Å²) in [6.07, 6.45) is -6.96. The first kappa shape index (κ1) is 17.6. The van der Waals surface area contributed by atoms with Gasteiger partial charge in [0, 0.05) is 13.1 Å². The third kappa shape index (κ3) is 3.26. The third-order valence-electron chi connectivity index (χ3n) is 3.18. The van der Waals surface area contributed by atoms with Crippen LogP contribution in [-0.4, -0.2) is 69.0 Å². The Balaban J connectivity index is 3.12. The Morgan fingerprint density at radius 3 is 2.29 bits per heavy atom. The molecule has 0 spiro atoms. The highest BCUT2D eigenvalue weighted by atomic mass is 19.3. The van der Waals surface area contributed by atoms with Crippen LogP contribution in [0.15, 0.2) is 12.3 Å². The summed E-state index contributed by atoms with van der Waals surface area (Å²) >= 11 is 0. The molecule has 1 aliphatic rings. The number of rotatable bonds is 5. The lowest BCUT2D eigenvalue weighted by molar-refractivity contribution is -0.201. The molecule has 0 aromatic carbocycles. The number of carbonyl (C=O) groups excluding carboxylic acids is 2. The highest BCUT2D eigenvalue weighted by molar-refractivity contribution is 5.88. The Morgan fingerprint density at radius 1 is 1.38 bits per heavy atom. The molecule has 0 aromatic heterocycles. The lowest BCUT2D eigenvalue weighted by Crippen LogP contribution is -2.52. The molecule has 9 heteroatoms. The van der Waals surface area contributed by atoms with Crippen LogP contribution in [0.2, 0.25) is 0 Å². The number of hydrogen-bond acceptors (Lipinski definition) is 6. The summed E-state index contributed by atoms with van der Waals surface area (Å²) in [5.41, 5.74) is -2.69. The van der Waals surface area contributed by atoms with Crippen molar-refractivity contribution >= 4 is 11.7 Å². The van der Waals surface area contributed by atoms with Gasteiger partial charge in [-0.15, -0.1) is 0 Å². The van der Waals surface area contributed by atoms with E-state index in [1.807, 2.05) is 0 Å². The highest BCUT2D eigenvalue weighted by Crippen LogP contribution is 2.37. The van der Waals surface area contributed by atoms with Crippen LogP contribution in [0.1, 0.15) is 13.8 Å². The van der Waals surface area contributed by atoms with Crippen molar-refractivity contribution in [2.75, 3.05) is 6.61 Å². The number of nitrogens with zero attached hydrogens (tertiary/aromatic N) is 1. The maximum atomic E-state index is 13.0. The number of aliphatic hydroxyl groups excluding tert-OH is 3. The van der Waals surface area contributed by atoms with E-state index >= 15 is 0 Å². The average molecular weight is 309 g/mol. The topological polar surface area (TPSA) is 107 Å². The number of hydrogen-bond donors (Lipinski definition) is 3. The number of ether oxygens (including phenoxy) is 1. The van der Waals surface area contributed by atoms with Gasteiger partial charge in [-0.25, -0.2) is 8.78 Å².